The number of allylic oxidation sites excluding steroid dienone is 2. The van der Waals surface area contributed by atoms with Crippen molar-refractivity contribution in [2.45, 2.75) is 83.5 Å². The second-order valence-corrected chi connectivity index (χ2v) is 9.82. The van der Waals surface area contributed by atoms with Crippen LogP contribution in [0.4, 0.5) is 0 Å². The second-order valence-electron chi connectivity index (χ2n) is 9.82. The van der Waals surface area contributed by atoms with E-state index in [1.54, 1.807) is 7.11 Å². The fourth-order valence-corrected chi connectivity index (χ4v) is 5.68. The van der Waals surface area contributed by atoms with Gasteiger partial charge in [0.2, 0.25) is 0 Å². The van der Waals surface area contributed by atoms with E-state index in [1.165, 1.54) is 81.8 Å². The molecule has 0 saturated heterocycles. The van der Waals surface area contributed by atoms with Crippen LogP contribution in [-0.4, -0.2) is 13.7 Å². The quantitative estimate of drug-likeness (QED) is 0.240. The third kappa shape index (κ3) is 7.07. The SMILES string of the molecule is C1=CC2(C(c3ccccc3)c3ccccc3)CCC1C2.CCCCCCCCCCOC. The van der Waals surface area contributed by atoms with E-state index in [4.69, 9.17) is 4.74 Å². The number of methoxy groups -OCH3 is 1. The summed E-state index contributed by atoms with van der Waals surface area (Å²) in [5.74, 6) is 1.33. The summed E-state index contributed by atoms with van der Waals surface area (Å²) in [6, 6.07) is 22.1. The number of unbranched alkanes of at least 4 members (excludes halogenated alkanes) is 7. The molecule has 1 nitrogen and oxygen atoms in total. The summed E-state index contributed by atoms with van der Waals surface area (Å²) in [5.41, 5.74) is 3.28. The Kier molecular flexibility index (Phi) is 10.6. The Morgan fingerprint density at radius 2 is 1.38 bits per heavy atom. The fourth-order valence-electron chi connectivity index (χ4n) is 5.68. The zero-order valence-electron chi connectivity index (χ0n) is 20.5. The zero-order valence-corrected chi connectivity index (χ0v) is 20.5. The van der Waals surface area contributed by atoms with Gasteiger partial charge in [-0.1, -0.05) is 125 Å². The van der Waals surface area contributed by atoms with Crippen LogP contribution in [0.1, 0.15) is 94.6 Å². The van der Waals surface area contributed by atoms with Crippen molar-refractivity contribution < 1.29 is 4.74 Å². The third-order valence-corrected chi connectivity index (χ3v) is 7.37. The van der Waals surface area contributed by atoms with Crippen LogP contribution in [0.25, 0.3) is 0 Å². The van der Waals surface area contributed by atoms with E-state index in [2.05, 4.69) is 79.7 Å². The van der Waals surface area contributed by atoms with Crippen LogP contribution >= 0.6 is 0 Å². The van der Waals surface area contributed by atoms with Crippen LogP contribution in [0.2, 0.25) is 0 Å². The molecule has 2 unspecified atom stereocenters. The molecule has 0 heterocycles. The lowest BCUT2D eigenvalue weighted by Gasteiger charge is -2.35. The Bertz CT molecular complexity index is 716. The summed E-state index contributed by atoms with van der Waals surface area (Å²) in [4.78, 5) is 0. The minimum atomic E-state index is 0.355. The van der Waals surface area contributed by atoms with Crippen molar-refractivity contribution in [2.75, 3.05) is 13.7 Å². The van der Waals surface area contributed by atoms with Crippen LogP contribution in [0.3, 0.4) is 0 Å². The van der Waals surface area contributed by atoms with Crippen molar-refractivity contribution in [3.05, 3.63) is 83.9 Å². The Balaban J connectivity index is 0.000000210. The summed E-state index contributed by atoms with van der Waals surface area (Å²) >= 11 is 0. The van der Waals surface area contributed by atoms with Crippen LogP contribution in [0.15, 0.2) is 72.8 Å². The van der Waals surface area contributed by atoms with E-state index in [-0.39, 0.29) is 0 Å². The van der Waals surface area contributed by atoms with Gasteiger partial charge in [0.15, 0.2) is 0 Å². The van der Waals surface area contributed by atoms with Crippen molar-refractivity contribution in [3.8, 4) is 0 Å². The standard InChI is InChI=1S/C20H20.C11H24O/c1-3-7-17(8-4-1)19(18-9-5-2-6-10-18)20-13-11-16(15-20)12-14-20;1-3-4-5-6-7-8-9-10-11-12-2/h1-11,13,16,19H,12,14-15H2;3-11H2,1-2H3. The van der Waals surface area contributed by atoms with Gasteiger partial charge in [-0.25, -0.2) is 0 Å². The van der Waals surface area contributed by atoms with Crippen molar-refractivity contribution >= 4 is 0 Å². The van der Waals surface area contributed by atoms with Gasteiger partial charge in [0, 0.05) is 19.6 Å². The van der Waals surface area contributed by atoms with Gasteiger partial charge in [-0.05, 0) is 48.1 Å². The van der Waals surface area contributed by atoms with Gasteiger partial charge in [0.1, 0.15) is 0 Å². The highest BCUT2D eigenvalue weighted by molar-refractivity contribution is 5.39. The minimum Gasteiger partial charge on any atom is -0.385 e. The first-order chi connectivity index (χ1) is 15.8. The summed E-state index contributed by atoms with van der Waals surface area (Å²) in [6.07, 6.45) is 20.1. The predicted octanol–water partition coefficient (Wildman–Crippen LogP) is 8.95. The number of fused-ring (bicyclic) bond motifs is 2. The molecule has 2 atom stereocenters. The molecule has 2 aromatic rings. The Hall–Kier alpha value is -1.86. The van der Waals surface area contributed by atoms with E-state index in [0.717, 1.165) is 12.5 Å². The highest BCUT2D eigenvalue weighted by atomic mass is 16.5. The first-order valence-corrected chi connectivity index (χ1v) is 13.1. The van der Waals surface area contributed by atoms with Gasteiger partial charge >= 0.3 is 0 Å². The Morgan fingerprint density at radius 3 is 1.81 bits per heavy atom. The zero-order chi connectivity index (χ0) is 22.5. The normalized spacial score (nSPS) is 21.0. The Labute approximate surface area is 197 Å². The smallest absolute Gasteiger partial charge is 0.0462 e. The first kappa shape index (κ1) is 24.8. The average Bonchev–Trinajstić information content (AvgIpc) is 3.45. The first-order valence-electron chi connectivity index (χ1n) is 13.1. The largest absolute Gasteiger partial charge is 0.385 e. The molecular formula is C31H44O. The molecule has 0 spiro atoms. The van der Waals surface area contributed by atoms with Gasteiger partial charge in [-0.3, -0.25) is 0 Å². The van der Waals surface area contributed by atoms with Gasteiger partial charge in [-0.15, -0.1) is 0 Å². The van der Waals surface area contributed by atoms with Gasteiger partial charge in [-0.2, -0.15) is 0 Å². The number of ether oxygens (including phenoxy) is 1. The maximum Gasteiger partial charge on any atom is 0.0462 e. The molecule has 32 heavy (non-hydrogen) atoms. The highest BCUT2D eigenvalue weighted by Crippen LogP contribution is 2.58. The van der Waals surface area contributed by atoms with E-state index in [1.807, 2.05) is 0 Å². The fraction of sp³-hybridized carbons (Fsp3) is 0.548. The molecule has 4 rings (SSSR count). The molecule has 2 aliphatic rings. The lowest BCUT2D eigenvalue weighted by Crippen LogP contribution is -2.23. The molecule has 0 N–H and O–H groups in total. The lowest BCUT2D eigenvalue weighted by molar-refractivity contribution is 0.192. The van der Waals surface area contributed by atoms with E-state index in [0.29, 0.717) is 11.3 Å². The minimum absolute atomic E-state index is 0.355. The molecule has 174 valence electrons. The molecule has 2 aliphatic carbocycles. The molecular weight excluding hydrogens is 388 g/mol. The number of hydrogen-bond acceptors (Lipinski definition) is 1. The van der Waals surface area contributed by atoms with Gasteiger partial charge in [0.05, 0.1) is 0 Å². The summed E-state index contributed by atoms with van der Waals surface area (Å²) in [7, 11) is 1.78. The maximum atomic E-state index is 4.99. The number of benzene rings is 2. The molecule has 0 amide bonds. The van der Waals surface area contributed by atoms with Crippen LogP contribution < -0.4 is 0 Å². The van der Waals surface area contributed by atoms with Gasteiger partial charge in [0.25, 0.3) is 0 Å². The van der Waals surface area contributed by atoms with Crippen molar-refractivity contribution in [3.63, 3.8) is 0 Å². The number of hydrogen-bond donors (Lipinski definition) is 0. The lowest BCUT2D eigenvalue weighted by atomic mass is 9.68. The molecule has 0 aromatic heterocycles. The summed E-state index contributed by atoms with van der Waals surface area (Å²) in [5, 5.41) is 0. The second kappa shape index (κ2) is 13.6. The van der Waals surface area contributed by atoms with E-state index in [9.17, 15) is 0 Å². The predicted molar refractivity (Wildman–Crippen MR) is 138 cm³/mol. The molecule has 0 aliphatic heterocycles. The molecule has 0 radical (unpaired) electrons. The van der Waals surface area contributed by atoms with E-state index < -0.39 is 0 Å². The monoisotopic (exact) mass is 432 g/mol. The summed E-state index contributed by atoms with van der Waals surface area (Å²) < 4.78 is 4.99. The van der Waals surface area contributed by atoms with Crippen molar-refractivity contribution in [2.24, 2.45) is 11.3 Å². The van der Waals surface area contributed by atoms with Crippen molar-refractivity contribution in [1.82, 2.24) is 0 Å². The van der Waals surface area contributed by atoms with E-state index >= 15 is 0 Å². The van der Waals surface area contributed by atoms with Crippen LogP contribution in [0, 0.1) is 11.3 Å². The third-order valence-electron chi connectivity index (χ3n) is 7.37. The Morgan fingerprint density at radius 1 is 0.812 bits per heavy atom. The van der Waals surface area contributed by atoms with Crippen LogP contribution in [-0.2, 0) is 4.74 Å². The van der Waals surface area contributed by atoms with Crippen LogP contribution in [0.5, 0.6) is 0 Å². The number of rotatable bonds is 12. The molecule has 2 bridgehead atoms. The molecule has 1 fully saturated rings. The van der Waals surface area contributed by atoms with Crippen molar-refractivity contribution in [1.29, 1.82) is 0 Å². The molecule has 2 aromatic carbocycles. The highest BCUT2D eigenvalue weighted by Gasteiger charge is 2.47. The van der Waals surface area contributed by atoms with Gasteiger partial charge < -0.3 is 4.74 Å². The maximum absolute atomic E-state index is 4.99. The average molecular weight is 433 g/mol. The molecule has 1 saturated carbocycles. The topological polar surface area (TPSA) is 9.23 Å². The summed E-state index contributed by atoms with van der Waals surface area (Å²) in [6.45, 7) is 3.20. The molecule has 1 heteroatoms.